The summed E-state index contributed by atoms with van der Waals surface area (Å²) in [6.07, 6.45) is 1.76. The van der Waals surface area contributed by atoms with Crippen LogP contribution >= 0.6 is 11.3 Å². The minimum atomic E-state index is -0.408. The van der Waals surface area contributed by atoms with E-state index >= 15 is 0 Å². The zero-order chi connectivity index (χ0) is 13.8. The fourth-order valence-corrected chi connectivity index (χ4v) is 3.16. The van der Waals surface area contributed by atoms with Crippen molar-refractivity contribution in [2.24, 2.45) is 0 Å². The van der Waals surface area contributed by atoms with Crippen LogP contribution in [0.15, 0.2) is 18.2 Å². The van der Waals surface area contributed by atoms with Gasteiger partial charge in [0.2, 0.25) is 0 Å². The standard InChI is InChI=1S/C15H17FO2S/c1-3-4-12(17)15-9-11-7-13(18-2)10(5-6-16)8-14(11)19-15/h7-9H,3-6H2,1-2H3. The SMILES string of the molecule is CCCC(=O)c1cc2cc(OC)c(CCF)cc2s1. The minimum Gasteiger partial charge on any atom is -0.496 e. The van der Waals surface area contributed by atoms with Crippen molar-refractivity contribution in [3.63, 3.8) is 0 Å². The highest BCUT2D eigenvalue weighted by Crippen LogP contribution is 2.33. The molecule has 19 heavy (non-hydrogen) atoms. The van der Waals surface area contributed by atoms with E-state index in [0.29, 0.717) is 18.6 Å². The second kappa shape index (κ2) is 6.15. The van der Waals surface area contributed by atoms with Gasteiger partial charge in [-0.2, -0.15) is 0 Å². The highest BCUT2D eigenvalue weighted by molar-refractivity contribution is 7.20. The Hall–Kier alpha value is -1.42. The molecule has 0 atom stereocenters. The summed E-state index contributed by atoms with van der Waals surface area (Å²) >= 11 is 1.48. The lowest BCUT2D eigenvalue weighted by molar-refractivity contribution is 0.0985. The quantitative estimate of drug-likeness (QED) is 0.733. The average Bonchev–Trinajstić information content (AvgIpc) is 2.81. The molecule has 2 nitrogen and oxygen atoms in total. The lowest BCUT2D eigenvalue weighted by atomic mass is 10.1. The zero-order valence-electron chi connectivity index (χ0n) is 11.2. The maximum atomic E-state index is 12.5. The van der Waals surface area contributed by atoms with Crippen molar-refractivity contribution in [2.45, 2.75) is 26.2 Å². The van der Waals surface area contributed by atoms with Gasteiger partial charge in [-0.1, -0.05) is 6.92 Å². The number of hydrogen-bond donors (Lipinski definition) is 0. The maximum absolute atomic E-state index is 12.5. The van der Waals surface area contributed by atoms with Gasteiger partial charge in [-0.25, -0.2) is 0 Å². The van der Waals surface area contributed by atoms with Crippen molar-refractivity contribution in [3.8, 4) is 5.75 Å². The predicted octanol–water partition coefficient (Wildman–Crippen LogP) is 4.40. The third-order valence-corrected chi connectivity index (χ3v) is 4.17. The van der Waals surface area contributed by atoms with E-state index in [0.717, 1.165) is 26.9 Å². The maximum Gasteiger partial charge on any atom is 0.172 e. The number of carbonyl (C=O) groups excluding carboxylic acids is 1. The molecule has 0 aliphatic carbocycles. The van der Waals surface area contributed by atoms with E-state index < -0.39 is 6.67 Å². The van der Waals surface area contributed by atoms with Crippen molar-refractivity contribution < 1.29 is 13.9 Å². The van der Waals surface area contributed by atoms with Gasteiger partial charge >= 0.3 is 0 Å². The number of benzene rings is 1. The fraction of sp³-hybridized carbons (Fsp3) is 0.400. The van der Waals surface area contributed by atoms with E-state index in [1.165, 1.54) is 11.3 Å². The Kier molecular flexibility index (Phi) is 4.53. The van der Waals surface area contributed by atoms with Crippen LogP contribution in [-0.2, 0) is 6.42 Å². The van der Waals surface area contributed by atoms with Gasteiger partial charge < -0.3 is 4.74 Å². The second-order valence-corrected chi connectivity index (χ2v) is 5.51. The third-order valence-electron chi connectivity index (χ3n) is 3.04. The van der Waals surface area contributed by atoms with Crippen molar-refractivity contribution in [1.29, 1.82) is 0 Å². The number of halogens is 1. The Labute approximate surface area is 116 Å². The van der Waals surface area contributed by atoms with Crippen LogP contribution in [-0.4, -0.2) is 19.6 Å². The second-order valence-electron chi connectivity index (χ2n) is 4.42. The van der Waals surface area contributed by atoms with Gasteiger partial charge in [-0.05, 0) is 35.6 Å². The molecule has 4 heteroatoms. The molecule has 0 spiro atoms. The average molecular weight is 280 g/mol. The number of thiophene rings is 1. The first-order valence-electron chi connectivity index (χ1n) is 6.39. The molecule has 0 saturated carbocycles. The number of rotatable bonds is 6. The molecule has 1 aromatic heterocycles. The number of alkyl halides is 1. The summed E-state index contributed by atoms with van der Waals surface area (Å²) in [5.74, 6) is 0.868. The van der Waals surface area contributed by atoms with Crippen LogP contribution in [0, 0.1) is 0 Å². The van der Waals surface area contributed by atoms with E-state index in [4.69, 9.17) is 4.74 Å². The first-order valence-corrected chi connectivity index (χ1v) is 7.20. The van der Waals surface area contributed by atoms with Gasteiger partial charge in [0.1, 0.15) is 5.75 Å². The third kappa shape index (κ3) is 2.95. The van der Waals surface area contributed by atoms with Crippen LogP contribution in [0.1, 0.15) is 35.0 Å². The summed E-state index contributed by atoms with van der Waals surface area (Å²) in [5, 5.41) is 0.990. The Bertz CT molecular complexity index is 589. The van der Waals surface area contributed by atoms with Crippen LogP contribution in [0.3, 0.4) is 0 Å². The number of ether oxygens (including phenoxy) is 1. The molecule has 0 aliphatic heterocycles. The Balaban J connectivity index is 2.44. The molecule has 2 rings (SSSR count). The summed E-state index contributed by atoms with van der Waals surface area (Å²) in [6.45, 7) is 1.59. The molecular formula is C15H17FO2S. The van der Waals surface area contributed by atoms with Crippen molar-refractivity contribution in [3.05, 3.63) is 28.6 Å². The molecule has 0 fully saturated rings. The number of carbonyl (C=O) groups is 1. The lowest BCUT2D eigenvalue weighted by Crippen LogP contribution is -1.93. The molecule has 0 bridgehead atoms. The van der Waals surface area contributed by atoms with Crippen LogP contribution in [0.4, 0.5) is 4.39 Å². The van der Waals surface area contributed by atoms with Crippen LogP contribution in [0.2, 0.25) is 0 Å². The normalized spacial score (nSPS) is 10.9. The van der Waals surface area contributed by atoms with Crippen molar-refractivity contribution in [2.75, 3.05) is 13.8 Å². The molecule has 102 valence electrons. The number of methoxy groups -OCH3 is 1. The molecule has 0 radical (unpaired) electrons. The van der Waals surface area contributed by atoms with Gasteiger partial charge in [0.15, 0.2) is 5.78 Å². The Morgan fingerprint density at radius 3 is 2.79 bits per heavy atom. The molecule has 2 aromatic rings. The first-order chi connectivity index (χ1) is 9.19. The van der Waals surface area contributed by atoms with Crippen LogP contribution < -0.4 is 4.74 Å². The monoisotopic (exact) mass is 280 g/mol. The van der Waals surface area contributed by atoms with Gasteiger partial charge in [0, 0.05) is 17.5 Å². The molecular weight excluding hydrogens is 263 g/mol. The summed E-state index contributed by atoms with van der Waals surface area (Å²) < 4.78 is 18.8. The van der Waals surface area contributed by atoms with E-state index in [2.05, 4.69) is 0 Å². The summed E-state index contributed by atoms with van der Waals surface area (Å²) in [4.78, 5) is 12.7. The van der Waals surface area contributed by atoms with Crippen LogP contribution in [0.25, 0.3) is 10.1 Å². The lowest BCUT2D eigenvalue weighted by Gasteiger charge is -2.06. The Morgan fingerprint density at radius 2 is 2.16 bits per heavy atom. The van der Waals surface area contributed by atoms with E-state index in [9.17, 15) is 9.18 Å². The highest BCUT2D eigenvalue weighted by Gasteiger charge is 2.12. The van der Waals surface area contributed by atoms with Gasteiger partial charge in [-0.15, -0.1) is 11.3 Å². The van der Waals surface area contributed by atoms with Crippen molar-refractivity contribution in [1.82, 2.24) is 0 Å². The molecule has 1 aromatic carbocycles. The first kappa shape index (κ1) is 14.0. The number of aryl methyl sites for hydroxylation is 1. The summed E-state index contributed by atoms with van der Waals surface area (Å²) in [7, 11) is 1.58. The Morgan fingerprint density at radius 1 is 1.37 bits per heavy atom. The molecule has 0 aliphatic rings. The van der Waals surface area contributed by atoms with Crippen molar-refractivity contribution >= 4 is 27.2 Å². The number of fused-ring (bicyclic) bond motifs is 1. The van der Waals surface area contributed by atoms with Crippen LogP contribution in [0.5, 0.6) is 5.75 Å². The predicted molar refractivity (Wildman–Crippen MR) is 77.3 cm³/mol. The highest BCUT2D eigenvalue weighted by atomic mass is 32.1. The number of hydrogen-bond acceptors (Lipinski definition) is 3. The number of Topliss-reactive ketones (excluding diaryl/α,β-unsaturated/α-hetero) is 1. The van der Waals surface area contributed by atoms with E-state index in [-0.39, 0.29) is 5.78 Å². The summed E-state index contributed by atoms with van der Waals surface area (Å²) in [5.41, 5.74) is 0.855. The van der Waals surface area contributed by atoms with E-state index in [1.807, 2.05) is 25.1 Å². The molecule has 0 unspecified atom stereocenters. The molecule has 0 N–H and O–H groups in total. The smallest absolute Gasteiger partial charge is 0.172 e. The minimum absolute atomic E-state index is 0.176. The van der Waals surface area contributed by atoms with Gasteiger partial charge in [-0.3, -0.25) is 9.18 Å². The fourth-order valence-electron chi connectivity index (χ4n) is 2.08. The largest absolute Gasteiger partial charge is 0.496 e. The van der Waals surface area contributed by atoms with E-state index in [1.54, 1.807) is 7.11 Å². The molecule has 0 saturated heterocycles. The van der Waals surface area contributed by atoms with Gasteiger partial charge in [0.25, 0.3) is 0 Å². The summed E-state index contributed by atoms with van der Waals surface area (Å²) in [6, 6.07) is 5.72. The molecule has 0 amide bonds. The topological polar surface area (TPSA) is 26.3 Å². The molecule has 1 heterocycles. The zero-order valence-corrected chi connectivity index (χ0v) is 12.0. The van der Waals surface area contributed by atoms with Gasteiger partial charge in [0.05, 0.1) is 18.7 Å². The number of ketones is 1.